The number of hydrogen-bond acceptors (Lipinski definition) is 7. The van der Waals surface area contributed by atoms with Gasteiger partial charge in [0.2, 0.25) is 5.91 Å². The van der Waals surface area contributed by atoms with Crippen LogP contribution in [-0.2, 0) is 29.0 Å². The Balaban J connectivity index is 1.39. The molecule has 5 aromatic rings. The second-order valence-electron chi connectivity index (χ2n) is 11.3. The van der Waals surface area contributed by atoms with E-state index in [1.165, 1.54) is 23.3 Å². The van der Waals surface area contributed by atoms with Crippen molar-refractivity contribution in [3.05, 3.63) is 77.2 Å². The number of hydrogen-bond donors (Lipinski definition) is 1. The van der Waals surface area contributed by atoms with Crippen LogP contribution in [0.3, 0.4) is 0 Å². The molecule has 0 bridgehead atoms. The number of rotatable bonds is 9. The van der Waals surface area contributed by atoms with E-state index < -0.39 is 0 Å². The van der Waals surface area contributed by atoms with Gasteiger partial charge in [0.05, 0.1) is 24.2 Å². The molecular formula is C34H34FN5O3S. The predicted octanol–water partition coefficient (Wildman–Crippen LogP) is 5.93. The minimum absolute atomic E-state index is 0.0654. The maximum Gasteiger partial charge on any atom is 0.244 e. The van der Waals surface area contributed by atoms with Gasteiger partial charge in [-0.15, -0.1) is 11.3 Å². The summed E-state index contributed by atoms with van der Waals surface area (Å²) in [5.41, 5.74) is 7.64. The molecule has 0 unspecified atom stereocenters. The normalized spacial score (nSPS) is 14.7. The van der Waals surface area contributed by atoms with Crippen LogP contribution in [0.5, 0.6) is 5.75 Å². The lowest BCUT2D eigenvalue weighted by molar-refractivity contribution is -0.130. The summed E-state index contributed by atoms with van der Waals surface area (Å²) in [6, 6.07) is 13.3. The molecule has 3 aromatic heterocycles. The largest absolute Gasteiger partial charge is 0.490 e. The van der Waals surface area contributed by atoms with Crippen LogP contribution in [0.2, 0.25) is 0 Å². The van der Waals surface area contributed by atoms with Crippen LogP contribution < -0.4 is 10.1 Å². The van der Waals surface area contributed by atoms with Crippen molar-refractivity contribution in [3.8, 4) is 39.4 Å². The third-order valence-electron chi connectivity index (χ3n) is 8.39. The van der Waals surface area contributed by atoms with Crippen molar-refractivity contribution >= 4 is 27.3 Å². The number of thiophene rings is 1. The van der Waals surface area contributed by atoms with E-state index in [0.29, 0.717) is 18.1 Å². The average Bonchev–Trinajstić information content (AvgIpc) is 3.83. The lowest BCUT2D eigenvalue weighted by atomic mass is 9.93. The average molecular weight is 612 g/mol. The van der Waals surface area contributed by atoms with Crippen LogP contribution >= 0.6 is 11.3 Å². The number of methoxy groups -OCH3 is 1. The van der Waals surface area contributed by atoms with Crippen LogP contribution in [0.4, 0.5) is 4.39 Å². The van der Waals surface area contributed by atoms with Crippen molar-refractivity contribution in [1.29, 1.82) is 0 Å². The van der Waals surface area contributed by atoms with E-state index in [-0.39, 0.29) is 24.9 Å². The van der Waals surface area contributed by atoms with Gasteiger partial charge in [-0.1, -0.05) is 12.1 Å². The second-order valence-corrected chi connectivity index (χ2v) is 12.2. The van der Waals surface area contributed by atoms with Crippen molar-refractivity contribution < 1.29 is 18.7 Å². The van der Waals surface area contributed by atoms with Gasteiger partial charge < -0.3 is 19.7 Å². The first-order chi connectivity index (χ1) is 21.6. The van der Waals surface area contributed by atoms with Gasteiger partial charge in [0.15, 0.2) is 0 Å². The first-order valence-electron chi connectivity index (χ1n) is 15.1. The standard InChI is InChI=1S/C34H34FN5O3S/c1-42-13-14-43-29-17-26(35)6-7-27(29)31-33(25-19-37-40(20-25)21-30(41)39-11-2-3-12-39)38-32(28-9-15-44-34(28)31)23-4-5-24-18-36-10-8-22(24)16-23/h4-7,9,15-17,19-20,36H,2-3,8,10-14,18,21H2,1H3. The highest BCUT2D eigenvalue weighted by molar-refractivity contribution is 7.18. The fourth-order valence-corrected chi connectivity index (χ4v) is 7.12. The number of carbonyl (C=O) groups excluding carboxylic acids is 1. The zero-order chi connectivity index (χ0) is 30.0. The van der Waals surface area contributed by atoms with Gasteiger partial charge in [-0.2, -0.15) is 5.10 Å². The highest BCUT2D eigenvalue weighted by atomic mass is 32.1. The summed E-state index contributed by atoms with van der Waals surface area (Å²) < 4.78 is 28.5. The van der Waals surface area contributed by atoms with E-state index in [1.54, 1.807) is 35.4 Å². The van der Waals surface area contributed by atoms with Gasteiger partial charge in [0, 0.05) is 71.3 Å². The number of halogens is 1. The number of likely N-dealkylation sites (tertiary alicyclic amines) is 1. The third kappa shape index (κ3) is 5.60. The number of ether oxygens (including phenoxy) is 2. The maximum atomic E-state index is 14.5. The number of amides is 1. The maximum absolute atomic E-state index is 14.5. The molecule has 0 aliphatic carbocycles. The molecule has 2 aliphatic rings. The van der Waals surface area contributed by atoms with Gasteiger partial charge in [-0.25, -0.2) is 9.37 Å². The number of aromatic nitrogens is 3. The molecule has 0 radical (unpaired) electrons. The Bertz CT molecular complexity index is 1830. The molecule has 1 N–H and O–H groups in total. The SMILES string of the molecule is COCCOc1cc(F)ccc1-c1c(-c2cnn(CC(=O)N3CCCC3)c2)nc(-c2ccc3c(c2)CCNC3)c2ccsc12. The van der Waals surface area contributed by atoms with Crippen molar-refractivity contribution in [2.24, 2.45) is 0 Å². The highest BCUT2D eigenvalue weighted by Crippen LogP contribution is 2.46. The van der Waals surface area contributed by atoms with Crippen molar-refractivity contribution in [3.63, 3.8) is 0 Å². The Hall–Kier alpha value is -4.12. The summed E-state index contributed by atoms with van der Waals surface area (Å²) in [6.45, 7) is 4.24. The van der Waals surface area contributed by atoms with E-state index in [1.807, 2.05) is 11.1 Å². The Morgan fingerprint density at radius 2 is 1.93 bits per heavy atom. The van der Waals surface area contributed by atoms with E-state index >= 15 is 0 Å². The fraction of sp³-hybridized carbons (Fsp3) is 0.324. The molecule has 0 atom stereocenters. The minimum Gasteiger partial charge on any atom is -0.490 e. The van der Waals surface area contributed by atoms with Crippen molar-refractivity contribution in [1.82, 2.24) is 25.0 Å². The van der Waals surface area contributed by atoms with Crippen LogP contribution in [0, 0.1) is 5.82 Å². The summed E-state index contributed by atoms with van der Waals surface area (Å²) in [5, 5.41) is 11.1. The Morgan fingerprint density at radius 1 is 1.05 bits per heavy atom. The molecule has 10 heteroatoms. The van der Waals surface area contributed by atoms with E-state index in [9.17, 15) is 9.18 Å². The molecule has 0 spiro atoms. The van der Waals surface area contributed by atoms with E-state index in [2.05, 4.69) is 40.1 Å². The summed E-state index contributed by atoms with van der Waals surface area (Å²) in [4.78, 5) is 20.2. The molecule has 2 aromatic carbocycles. The number of nitrogens with one attached hydrogen (secondary N) is 1. The molecule has 1 amide bonds. The second kappa shape index (κ2) is 12.5. The van der Waals surface area contributed by atoms with Gasteiger partial charge in [-0.3, -0.25) is 9.48 Å². The summed E-state index contributed by atoms with van der Waals surface area (Å²) in [6.07, 6.45) is 6.70. The van der Waals surface area contributed by atoms with Crippen LogP contribution in [-0.4, -0.2) is 65.5 Å². The van der Waals surface area contributed by atoms with Gasteiger partial charge in [0.25, 0.3) is 0 Å². The summed E-state index contributed by atoms with van der Waals surface area (Å²) in [7, 11) is 1.61. The highest BCUT2D eigenvalue weighted by Gasteiger charge is 2.24. The number of benzene rings is 2. The molecule has 44 heavy (non-hydrogen) atoms. The lowest BCUT2D eigenvalue weighted by Gasteiger charge is -2.19. The Kier molecular flexibility index (Phi) is 8.12. The number of carbonyl (C=O) groups is 1. The summed E-state index contributed by atoms with van der Waals surface area (Å²) >= 11 is 1.62. The first kappa shape index (κ1) is 28.6. The fourth-order valence-electron chi connectivity index (χ4n) is 6.16. The van der Waals surface area contributed by atoms with Crippen LogP contribution in [0.1, 0.15) is 24.0 Å². The molecular weight excluding hydrogens is 577 g/mol. The van der Waals surface area contributed by atoms with E-state index in [0.717, 1.165) is 83.5 Å². The number of pyridine rings is 1. The molecule has 2 aliphatic heterocycles. The monoisotopic (exact) mass is 611 g/mol. The van der Waals surface area contributed by atoms with Gasteiger partial charge in [0.1, 0.15) is 24.7 Å². The number of fused-ring (bicyclic) bond motifs is 2. The Morgan fingerprint density at radius 3 is 2.80 bits per heavy atom. The zero-order valence-electron chi connectivity index (χ0n) is 24.6. The Labute approximate surface area is 259 Å². The zero-order valence-corrected chi connectivity index (χ0v) is 25.5. The minimum atomic E-state index is -0.383. The van der Waals surface area contributed by atoms with Crippen LogP contribution in [0.15, 0.2) is 60.2 Å². The first-order valence-corrected chi connectivity index (χ1v) is 15.9. The molecule has 226 valence electrons. The predicted molar refractivity (Wildman–Crippen MR) is 170 cm³/mol. The quantitative estimate of drug-likeness (QED) is 0.208. The smallest absolute Gasteiger partial charge is 0.244 e. The van der Waals surface area contributed by atoms with Crippen molar-refractivity contribution in [2.75, 3.05) is 40.0 Å². The third-order valence-corrected chi connectivity index (χ3v) is 9.33. The summed E-state index contributed by atoms with van der Waals surface area (Å²) in [5.74, 6) is 0.104. The topological polar surface area (TPSA) is 81.5 Å². The number of nitrogens with zero attached hydrogens (tertiary/aromatic N) is 4. The van der Waals surface area contributed by atoms with Gasteiger partial charge >= 0.3 is 0 Å². The van der Waals surface area contributed by atoms with Crippen molar-refractivity contribution in [2.45, 2.75) is 32.4 Å². The van der Waals surface area contributed by atoms with E-state index in [4.69, 9.17) is 14.5 Å². The van der Waals surface area contributed by atoms with Gasteiger partial charge in [-0.05, 0) is 66.6 Å². The molecule has 5 heterocycles. The molecule has 7 rings (SSSR count). The molecule has 8 nitrogen and oxygen atoms in total. The van der Waals surface area contributed by atoms with Crippen LogP contribution in [0.25, 0.3) is 43.7 Å². The lowest BCUT2D eigenvalue weighted by Crippen LogP contribution is -2.31. The molecule has 1 fully saturated rings. The molecule has 1 saturated heterocycles. The molecule has 0 saturated carbocycles.